The molecule has 4 rings (SSSR count). The molecule has 1 aliphatic rings. The lowest BCUT2D eigenvalue weighted by Crippen LogP contribution is -2.46. The van der Waals surface area contributed by atoms with Crippen LogP contribution in [0.5, 0.6) is 6.01 Å². The quantitative estimate of drug-likeness (QED) is 0.535. The van der Waals surface area contributed by atoms with Gasteiger partial charge in [-0.15, -0.1) is 0 Å². The van der Waals surface area contributed by atoms with Gasteiger partial charge in [0.25, 0.3) is 6.01 Å². The lowest BCUT2D eigenvalue weighted by Gasteiger charge is -2.34. The lowest BCUT2D eigenvalue weighted by atomic mass is 10.1. The zero-order valence-corrected chi connectivity index (χ0v) is 18.9. The van der Waals surface area contributed by atoms with Crippen molar-refractivity contribution in [3.63, 3.8) is 0 Å². The third-order valence-corrected chi connectivity index (χ3v) is 5.39. The minimum atomic E-state index is -0.518. The number of imidazole rings is 1. The summed E-state index contributed by atoms with van der Waals surface area (Å²) < 4.78 is 14.0. The summed E-state index contributed by atoms with van der Waals surface area (Å²) in [7, 11) is 0. The van der Waals surface area contributed by atoms with Gasteiger partial charge in [0.15, 0.2) is 0 Å². The summed E-state index contributed by atoms with van der Waals surface area (Å²) in [5.74, 6) is 0. The fourth-order valence-corrected chi connectivity index (χ4v) is 4.00. The van der Waals surface area contributed by atoms with Crippen LogP contribution in [0.25, 0.3) is 11.0 Å². The van der Waals surface area contributed by atoms with Crippen molar-refractivity contribution in [3.05, 3.63) is 59.1 Å². The number of ether oxygens (including phenoxy) is 2. The summed E-state index contributed by atoms with van der Waals surface area (Å²) in [6.07, 6.45) is 1.28. The van der Waals surface area contributed by atoms with E-state index in [1.165, 1.54) is 0 Å². The third-order valence-electron chi connectivity index (χ3n) is 5.15. The number of halogens is 1. The zero-order valence-electron chi connectivity index (χ0n) is 18.2. The van der Waals surface area contributed by atoms with Gasteiger partial charge in [0.1, 0.15) is 11.7 Å². The highest BCUT2D eigenvalue weighted by Crippen LogP contribution is 2.26. The molecule has 1 saturated heterocycles. The fourth-order valence-electron chi connectivity index (χ4n) is 3.79. The monoisotopic (exact) mass is 441 g/mol. The number of fused-ring (bicyclic) bond motifs is 1. The van der Waals surface area contributed by atoms with E-state index in [4.69, 9.17) is 26.1 Å². The van der Waals surface area contributed by atoms with Gasteiger partial charge in [0, 0.05) is 11.6 Å². The molecule has 1 aromatic heterocycles. The van der Waals surface area contributed by atoms with E-state index >= 15 is 0 Å². The van der Waals surface area contributed by atoms with Gasteiger partial charge in [-0.3, -0.25) is 4.57 Å². The van der Waals surface area contributed by atoms with E-state index in [2.05, 4.69) is 4.57 Å². The molecule has 1 aliphatic heterocycles. The average molecular weight is 442 g/mol. The van der Waals surface area contributed by atoms with Gasteiger partial charge < -0.3 is 14.4 Å². The minimum absolute atomic E-state index is 0.142. The molecule has 2 heterocycles. The second kappa shape index (κ2) is 8.79. The number of carbonyl (C=O) groups excluding carboxylic acids is 1. The molecule has 6 nitrogen and oxygen atoms in total. The molecule has 1 fully saturated rings. The first-order chi connectivity index (χ1) is 14.8. The Morgan fingerprint density at radius 1 is 1.19 bits per heavy atom. The van der Waals surface area contributed by atoms with Crippen molar-refractivity contribution in [3.8, 4) is 6.01 Å². The second-order valence-electron chi connectivity index (χ2n) is 8.91. The Hall–Kier alpha value is -2.73. The van der Waals surface area contributed by atoms with Gasteiger partial charge in [-0.2, -0.15) is 4.98 Å². The Labute approximate surface area is 187 Å². The maximum atomic E-state index is 12.5. The van der Waals surface area contributed by atoms with Crippen LogP contribution in [0.15, 0.2) is 48.5 Å². The number of hydrogen-bond acceptors (Lipinski definition) is 4. The van der Waals surface area contributed by atoms with Crippen LogP contribution in [-0.2, 0) is 11.3 Å². The van der Waals surface area contributed by atoms with E-state index in [9.17, 15) is 4.79 Å². The average Bonchev–Trinajstić information content (AvgIpc) is 3.04. The van der Waals surface area contributed by atoms with Crippen LogP contribution in [-0.4, -0.2) is 45.3 Å². The van der Waals surface area contributed by atoms with Crippen LogP contribution in [0.2, 0.25) is 5.02 Å². The van der Waals surface area contributed by atoms with Crippen molar-refractivity contribution in [1.82, 2.24) is 14.5 Å². The lowest BCUT2D eigenvalue weighted by molar-refractivity contribution is 0.00626. The van der Waals surface area contributed by atoms with E-state index in [-0.39, 0.29) is 12.2 Å². The minimum Gasteiger partial charge on any atom is -0.459 e. The third kappa shape index (κ3) is 5.31. The second-order valence-corrected chi connectivity index (χ2v) is 9.34. The van der Waals surface area contributed by atoms with Gasteiger partial charge in [-0.25, -0.2) is 4.79 Å². The van der Waals surface area contributed by atoms with Crippen LogP contribution in [0.3, 0.4) is 0 Å². The molecule has 0 N–H and O–H groups in total. The normalized spacial score (nSPS) is 17.0. The number of benzene rings is 2. The summed E-state index contributed by atoms with van der Waals surface area (Å²) in [5.41, 5.74) is 2.42. The molecule has 3 aromatic rings. The van der Waals surface area contributed by atoms with E-state index < -0.39 is 5.60 Å². The maximum Gasteiger partial charge on any atom is 0.410 e. The highest BCUT2D eigenvalue weighted by Gasteiger charge is 2.29. The van der Waals surface area contributed by atoms with E-state index in [0.717, 1.165) is 29.4 Å². The van der Waals surface area contributed by atoms with E-state index in [1.807, 2.05) is 69.3 Å². The highest BCUT2D eigenvalue weighted by atomic mass is 35.5. The van der Waals surface area contributed by atoms with Crippen molar-refractivity contribution >= 4 is 28.7 Å². The summed E-state index contributed by atoms with van der Waals surface area (Å²) in [5, 5.41) is 0.699. The van der Waals surface area contributed by atoms with E-state index in [1.54, 1.807) is 4.90 Å². The number of piperidine rings is 1. The molecule has 0 bridgehead atoms. The first-order valence-electron chi connectivity index (χ1n) is 10.6. The molecule has 0 unspecified atom stereocenters. The van der Waals surface area contributed by atoms with Crippen LogP contribution in [0.4, 0.5) is 4.79 Å². The molecule has 7 heteroatoms. The van der Waals surface area contributed by atoms with Crippen LogP contribution < -0.4 is 4.74 Å². The first-order valence-corrected chi connectivity index (χ1v) is 11.0. The van der Waals surface area contributed by atoms with Crippen molar-refractivity contribution in [2.24, 2.45) is 0 Å². The summed E-state index contributed by atoms with van der Waals surface area (Å²) in [4.78, 5) is 19.0. The SMILES string of the molecule is CC(C)(C)OC(=O)N1CCC[C@H](Oc2nc3ccccc3n2Cc2cccc(Cl)c2)C1. The van der Waals surface area contributed by atoms with Gasteiger partial charge in [0.05, 0.1) is 24.1 Å². The Morgan fingerprint density at radius 2 is 2.00 bits per heavy atom. The van der Waals surface area contributed by atoms with Gasteiger partial charge in [-0.1, -0.05) is 35.9 Å². The standard InChI is InChI=1S/C24H28ClN3O3/c1-24(2,3)31-23(29)27-13-7-10-19(16-27)30-22-26-20-11-4-5-12-21(20)28(22)15-17-8-6-9-18(25)14-17/h4-6,8-9,11-12,14,19H,7,10,13,15-16H2,1-3H3/t19-/m0/s1. The number of aromatic nitrogens is 2. The van der Waals surface area contributed by atoms with Crippen LogP contribution in [0, 0.1) is 0 Å². The Morgan fingerprint density at radius 3 is 2.77 bits per heavy atom. The predicted octanol–water partition coefficient (Wildman–Crippen LogP) is 5.52. The molecule has 0 aliphatic carbocycles. The topological polar surface area (TPSA) is 56.6 Å². The Balaban J connectivity index is 1.56. The number of nitrogens with zero attached hydrogens (tertiary/aromatic N) is 3. The van der Waals surface area contributed by atoms with Crippen LogP contribution >= 0.6 is 11.6 Å². The molecule has 1 atom stereocenters. The smallest absolute Gasteiger partial charge is 0.410 e. The molecule has 2 aromatic carbocycles. The fraction of sp³-hybridized carbons (Fsp3) is 0.417. The Kier molecular flexibility index (Phi) is 6.10. The van der Waals surface area contributed by atoms with Gasteiger partial charge in [-0.05, 0) is 63.4 Å². The summed E-state index contributed by atoms with van der Waals surface area (Å²) in [6.45, 7) is 7.38. The molecule has 164 valence electrons. The Bertz CT molecular complexity index is 1070. The number of amides is 1. The molecular weight excluding hydrogens is 414 g/mol. The highest BCUT2D eigenvalue weighted by molar-refractivity contribution is 6.30. The largest absolute Gasteiger partial charge is 0.459 e. The molecule has 0 spiro atoms. The number of para-hydroxylation sites is 2. The molecule has 31 heavy (non-hydrogen) atoms. The predicted molar refractivity (Wildman–Crippen MR) is 122 cm³/mol. The molecular formula is C24H28ClN3O3. The summed E-state index contributed by atoms with van der Waals surface area (Å²) in [6, 6.07) is 16.3. The van der Waals surface area contributed by atoms with Crippen molar-refractivity contribution in [2.75, 3.05) is 13.1 Å². The van der Waals surface area contributed by atoms with Crippen LogP contribution in [0.1, 0.15) is 39.2 Å². The summed E-state index contributed by atoms with van der Waals surface area (Å²) >= 11 is 6.18. The van der Waals surface area contributed by atoms with Gasteiger partial charge in [0.2, 0.25) is 0 Å². The molecule has 1 amide bonds. The molecule has 0 radical (unpaired) electrons. The van der Waals surface area contributed by atoms with E-state index in [0.29, 0.717) is 30.7 Å². The molecule has 0 saturated carbocycles. The first kappa shape index (κ1) is 21.5. The number of hydrogen-bond donors (Lipinski definition) is 0. The van der Waals surface area contributed by atoms with Crippen molar-refractivity contribution in [2.45, 2.75) is 51.9 Å². The zero-order chi connectivity index (χ0) is 22.0. The number of carbonyl (C=O) groups is 1. The number of rotatable bonds is 4. The number of likely N-dealkylation sites (tertiary alicyclic amines) is 1. The maximum absolute atomic E-state index is 12.5. The van der Waals surface area contributed by atoms with Crippen molar-refractivity contribution < 1.29 is 14.3 Å². The van der Waals surface area contributed by atoms with Gasteiger partial charge >= 0.3 is 6.09 Å². The van der Waals surface area contributed by atoms with Crippen molar-refractivity contribution in [1.29, 1.82) is 0 Å².